The van der Waals surface area contributed by atoms with E-state index in [-0.39, 0.29) is 11.4 Å². The van der Waals surface area contributed by atoms with Gasteiger partial charge >= 0.3 is 5.97 Å². The van der Waals surface area contributed by atoms with Crippen LogP contribution < -0.4 is 5.43 Å². The maximum absolute atomic E-state index is 12.5. The molecule has 0 amide bonds. The van der Waals surface area contributed by atoms with Crippen LogP contribution in [-0.2, 0) is 16.0 Å². The third kappa shape index (κ3) is 2.03. The van der Waals surface area contributed by atoms with E-state index in [0.29, 0.717) is 35.1 Å². The minimum Gasteiger partial charge on any atom is -0.460 e. The molecular formula is C15H14O4. The molecule has 3 rings (SSSR count). The summed E-state index contributed by atoms with van der Waals surface area (Å²) in [7, 11) is 0. The van der Waals surface area contributed by atoms with Gasteiger partial charge in [-0.15, -0.1) is 0 Å². The van der Waals surface area contributed by atoms with Crippen LogP contribution in [-0.4, -0.2) is 5.97 Å². The van der Waals surface area contributed by atoms with Gasteiger partial charge in [-0.1, -0.05) is 12.1 Å². The minimum absolute atomic E-state index is 0.0807. The molecule has 0 bridgehead atoms. The van der Waals surface area contributed by atoms with Crippen molar-refractivity contribution >= 4 is 16.9 Å². The first kappa shape index (κ1) is 12.0. The molecule has 0 saturated heterocycles. The number of hydrogen-bond donors (Lipinski definition) is 0. The number of benzene rings is 1. The van der Waals surface area contributed by atoms with Gasteiger partial charge in [0.25, 0.3) is 0 Å². The van der Waals surface area contributed by atoms with E-state index in [1.165, 1.54) is 6.92 Å². The fourth-order valence-electron chi connectivity index (χ4n) is 2.62. The van der Waals surface area contributed by atoms with Crippen molar-refractivity contribution in [1.82, 2.24) is 0 Å². The summed E-state index contributed by atoms with van der Waals surface area (Å²) in [5, 5.41) is 0.542. The van der Waals surface area contributed by atoms with Gasteiger partial charge < -0.3 is 9.15 Å². The number of para-hydroxylation sites is 1. The lowest BCUT2D eigenvalue weighted by Gasteiger charge is -2.23. The second kappa shape index (κ2) is 4.53. The molecule has 4 nitrogen and oxygen atoms in total. The summed E-state index contributed by atoms with van der Waals surface area (Å²) in [5.41, 5.74) is 1.03. The molecule has 0 fully saturated rings. The highest BCUT2D eigenvalue weighted by atomic mass is 16.5. The van der Waals surface area contributed by atoms with E-state index < -0.39 is 6.10 Å². The summed E-state index contributed by atoms with van der Waals surface area (Å²) in [5.74, 6) is 0.284. The number of ether oxygens (including phenoxy) is 1. The van der Waals surface area contributed by atoms with Crippen molar-refractivity contribution in [3.05, 3.63) is 45.8 Å². The van der Waals surface area contributed by atoms with Gasteiger partial charge in [0.05, 0.1) is 10.9 Å². The molecule has 0 radical (unpaired) electrons. The number of rotatable bonds is 1. The highest BCUT2D eigenvalue weighted by Gasteiger charge is 2.28. The molecule has 1 aromatic heterocycles. The highest BCUT2D eigenvalue weighted by Crippen LogP contribution is 2.32. The quantitative estimate of drug-likeness (QED) is 0.738. The Labute approximate surface area is 110 Å². The highest BCUT2D eigenvalue weighted by molar-refractivity contribution is 5.77. The van der Waals surface area contributed by atoms with Crippen molar-refractivity contribution in [2.75, 3.05) is 0 Å². The lowest BCUT2D eigenvalue weighted by atomic mass is 9.93. The Morgan fingerprint density at radius 2 is 2.16 bits per heavy atom. The third-order valence-electron chi connectivity index (χ3n) is 3.41. The van der Waals surface area contributed by atoms with Crippen LogP contribution in [0.5, 0.6) is 0 Å². The maximum atomic E-state index is 12.5. The summed E-state index contributed by atoms with van der Waals surface area (Å²) in [4.78, 5) is 23.7. The molecule has 98 valence electrons. The van der Waals surface area contributed by atoms with Crippen LogP contribution in [0, 0.1) is 0 Å². The van der Waals surface area contributed by atoms with Crippen LogP contribution in [0.25, 0.3) is 11.0 Å². The van der Waals surface area contributed by atoms with Gasteiger partial charge in [0.2, 0.25) is 0 Å². The average Bonchev–Trinajstić information content (AvgIpc) is 2.38. The van der Waals surface area contributed by atoms with Crippen LogP contribution in [0.3, 0.4) is 0 Å². The zero-order chi connectivity index (χ0) is 13.4. The first-order chi connectivity index (χ1) is 9.16. The monoisotopic (exact) mass is 258 g/mol. The van der Waals surface area contributed by atoms with E-state index in [9.17, 15) is 9.59 Å². The van der Waals surface area contributed by atoms with E-state index in [4.69, 9.17) is 9.15 Å². The van der Waals surface area contributed by atoms with Gasteiger partial charge in [-0.3, -0.25) is 9.59 Å². The van der Waals surface area contributed by atoms with Crippen LogP contribution >= 0.6 is 0 Å². The Morgan fingerprint density at radius 1 is 1.37 bits per heavy atom. The minimum atomic E-state index is -0.470. The molecule has 2 aromatic rings. The fourth-order valence-corrected chi connectivity index (χ4v) is 2.62. The standard InChI is InChI=1S/C15H14O4/c1-9(16)18-12-7-4-8-13-14(12)15(17)10-5-2-3-6-11(10)19-13/h2-3,5-6,12H,4,7-8H2,1H3. The Morgan fingerprint density at radius 3 is 2.95 bits per heavy atom. The molecule has 1 aromatic carbocycles. The molecule has 0 N–H and O–H groups in total. The van der Waals surface area contributed by atoms with Crippen molar-refractivity contribution in [3.63, 3.8) is 0 Å². The van der Waals surface area contributed by atoms with E-state index in [0.717, 1.165) is 6.42 Å². The van der Waals surface area contributed by atoms with E-state index >= 15 is 0 Å². The summed E-state index contributed by atoms with van der Waals surface area (Å²) in [6.07, 6.45) is 1.77. The first-order valence-corrected chi connectivity index (χ1v) is 6.38. The van der Waals surface area contributed by atoms with Crippen molar-refractivity contribution in [2.24, 2.45) is 0 Å². The molecule has 0 saturated carbocycles. The fraction of sp³-hybridized carbons (Fsp3) is 0.333. The topological polar surface area (TPSA) is 56.5 Å². The predicted molar refractivity (Wildman–Crippen MR) is 69.9 cm³/mol. The summed E-state index contributed by atoms with van der Waals surface area (Å²) in [6.45, 7) is 1.36. The van der Waals surface area contributed by atoms with Crippen LogP contribution in [0.2, 0.25) is 0 Å². The van der Waals surface area contributed by atoms with Crippen molar-refractivity contribution in [1.29, 1.82) is 0 Å². The molecule has 1 unspecified atom stereocenters. The molecule has 1 aliphatic rings. The SMILES string of the molecule is CC(=O)OC1CCCc2oc3ccccc3c(=O)c21. The lowest BCUT2D eigenvalue weighted by Crippen LogP contribution is -2.23. The molecule has 4 heteroatoms. The van der Waals surface area contributed by atoms with E-state index in [1.54, 1.807) is 18.2 Å². The normalized spacial score (nSPS) is 18.1. The van der Waals surface area contributed by atoms with E-state index in [1.807, 2.05) is 6.07 Å². The predicted octanol–water partition coefficient (Wildman–Crippen LogP) is 2.73. The Kier molecular flexibility index (Phi) is 2.85. The molecular weight excluding hydrogens is 244 g/mol. The maximum Gasteiger partial charge on any atom is 0.303 e. The van der Waals surface area contributed by atoms with Gasteiger partial charge in [0, 0.05) is 13.3 Å². The molecule has 0 spiro atoms. The number of fused-ring (bicyclic) bond motifs is 2. The second-order valence-corrected chi connectivity index (χ2v) is 4.75. The van der Waals surface area contributed by atoms with Crippen molar-refractivity contribution < 1.29 is 13.9 Å². The molecule has 1 atom stereocenters. The van der Waals surface area contributed by atoms with Gasteiger partial charge in [0.1, 0.15) is 17.4 Å². The van der Waals surface area contributed by atoms with Crippen molar-refractivity contribution in [2.45, 2.75) is 32.3 Å². The average molecular weight is 258 g/mol. The molecule has 1 heterocycles. The first-order valence-electron chi connectivity index (χ1n) is 6.38. The molecule has 0 aliphatic heterocycles. The summed E-state index contributed by atoms with van der Waals surface area (Å²) in [6, 6.07) is 7.16. The Hall–Kier alpha value is -2.10. The zero-order valence-electron chi connectivity index (χ0n) is 10.6. The van der Waals surface area contributed by atoms with Crippen LogP contribution in [0.15, 0.2) is 33.5 Å². The van der Waals surface area contributed by atoms with E-state index in [2.05, 4.69) is 0 Å². The number of esters is 1. The number of carbonyl (C=O) groups excluding carboxylic acids is 1. The van der Waals surface area contributed by atoms with Crippen molar-refractivity contribution in [3.8, 4) is 0 Å². The van der Waals surface area contributed by atoms with Gasteiger partial charge in [-0.05, 0) is 25.0 Å². The van der Waals surface area contributed by atoms with Gasteiger partial charge in [-0.2, -0.15) is 0 Å². The third-order valence-corrected chi connectivity index (χ3v) is 3.41. The van der Waals surface area contributed by atoms with Crippen LogP contribution in [0.4, 0.5) is 0 Å². The largest absolute Gasteiger partial charge is 0.460 e. The zero-order valence-corrected chi connectivity index (χ0v) is 10.6. The second-order valence-electron chi connectivity index (χ2n) is 4.75. The number of aryl methyl sites for hydroxylation is 1. The van der Waals surface area contributed by atoms with Gasteiger partial charge in [0.15, 0.2) is 5.43 Å². The number of hydrogen-bond acceptors (Lipinski definition) is 4. The summed E-state index contributed by atoms with van der Waals surface area (Å²) < 4.78 is 11.0. The Balaban J connectivity index is 2.23. The van der Waals surface area contributed by atoms with Gasteiger partial charge in [-0.25, -0.2) is 0 Å². The summed E-state index contributed by atoms with van der Waals surface area (Å²) >= 11 is 0. The van der Waals surface area contributed by atoms with Crippen LogP contribution in [0.1, 0.15) is 37.2 Å². The smallest absolute Gasteiger partial charge is 0.303 e. The molecule has 1 aliphatic carbocycles. The lowest BCUT2D eigenvalue weighted by molar-refractivity contribution is -0.147. The number of carbonyl (C=O) groups is 1. The Bertz CT molecular complexity index is 699. The molecule has 19 heavy (non-hydrogen) atoms.